The van der Waals surface area contributed by atoms with Crippen LogP contribution in [-0.2, 0) is 4.79 Å². The molecule has 2 aromatic carbocycles. The van der Waals surface area contributed by atoms with Crippen molar-refractivity contribution in [2.45, 2.75) is 6.92 Å². The van der Waals surface area contributed by atoms with Gasteiger partial charge in [0, 0.05) is 6.08 Å². The maximum Gasteiger partial charge on any atom is 0.241 e. The van der Waals surface area contributed by atoms with Crippen LogP contribution in [0.2, 0.25) is 0 Å². The molecule has 96 valence electrons. The van der Waals surface area contributed by atoms with Crippen LogP contribution in [0.1, 0.15) is 11.1 Å². The zero-order valence-electron chi connectivity index (χ0n) is 10.7. The molecule has 2 rings (SSSR count). The third-order valence-electron chi connectivity index (χ3n) is 2.58. The van der Waals surface area contributed by atoms with E-state index >= 15 is 0 Å². The molecule has 2 N–H and O–H groups in total. The fraction of sp³-hybridized carbons (Fsp3) is 0.0625. The number of rotatable bonds is 4. The van der Waals surface area contributed by atoms with Gasteiger partial charge in [-0.1, -0.05) is 29.8 Å². The molecule has 0 bridgehead atoms. The van der Waals surface area contributed by atoms with E-state index in [0.717, 1.165) is 17.1 Å². The Bertz CT molecular complexity index is 583. The lowest BCUT2D eigenvalue weighted by atomic mass is 10.2. The Balaban J connectivity index is 2.06. The van der Waals surface area contributed by atoms with Crippen LogP contribution in [-0.4, -0.2) is 5.91 Å². The number of primary amides is 1. The summed E-state index contributed by atoms with van der Waals surface area (Å²) in [4.78, 5) is 10.6. The van der Waals surface area contributed by atoms with E-state index in [1.54, 1.807) is 6.08 Å². The lowest BCUT2D eigenvalue weighted by Gasteiger charge is -2.06. The zero-order chi connectivity index (χ0) is 13.7. The summed E-state index contributed by atoms with van der Waals surface area (Å²) in [6, 6.07) is 15.3. The van der Waals surface area contributed by atoms with Crippen LogP contribution < -0.4 is 10.5 Å². The summed E-state index contributed by atoms with van der Waals surface area (Å²) in [6.45, 7) is 2.03. The van der Waals surface area contributed by atoms with Crippen LogP contribution >= 0.6 is 0 Å². The molecule has 3 heteroatoms. The van der Waals surface area contributed by atoms with Gasteiger partial charge >= 0.3 is 0 Å². The van der Waals surface area contributed by atoms with Crippen molar-refractivity contribution >= 4 is 12.0 Å². The Labute approximate surface area is 112 Å². The van der Waals surface area contributed by atoms with E-state index in [1.165, 1.54) is 11.6 Å². The first-order valence-corrected chi connectivity index (χ1v) is 5.95. The first-order chi connectivity index (χ1) is 9.13. The van der Waals surface area contributed by atoms with Crippen LogP contribution in [0.15, 0.2) is 54.6 Å². The van der Waals surface area contributed by atoms with E-state index in [-0.39, 0.29) is 0 Å². The van der Waals surface area contributed by atoms with Gasteiger partial charge in [-0.2, -0.15) is 0 Å². The third-order valence-corrected chi connectivity index (χ3v) is 2.58. The summed E-state index contributed by atoms with van der Waals surface area (Å²) in [5.74, 6) is 1.09. The number of amides is 1. The van der Waals surface area contributed by atoms with Crippen molar-refractivity contribution in [2.24, 2.45) is 5.73 Å². The Morgan fingerprint density at radius 1 is 1.00 bits per heavy atom. The van der Waals surface area contributed by atoms with E-state index in [9.17, 15) is 4.79 Å². The lowest BCUT2D eigenvalue weighted by molar-refractivity contribution is -0.113. The smallest absolute Gasteiger partial charge is 0.241 e. The Morgan fingerprint density at radius 3 is 2.05 bits per heavy atom. The second kappa shape index (κ2) is 5.87. The van der Waals surface area contributed by atoms with E-state index in [4.69, 9.17) is 10.5 Å². The Morgan fingerprint density at radius 2 is 1.53 bits per heavy atom. The minimum Gasteiger partial charge on any atom is -0.457 e. The number of benzene rings is 2. The Hall–Kier alpha value is -2.55. The maximum absolute atomic E-state index is 10.6. The molecule has 0 saturated carbocycles. The second-order valence-corrected chi connectivity index (χ2v) is 4.22. The van der Waals surface area contributed by atoms with Crippen molar-refractivity contribution in [3.05, 3.63) is 65.7 Å². The monoisotopic (exact) mass is 253 g/mol. The van der Waals surface area contributed by atoms with Crippen molar-refractivity contribution in [2.75, 3.05) is 0 Å². The van der Waals surface area contributed by atoms with Gasteiger partial charge in [0.1, 0.15) is 11.5 Å². The molecule has 0 unspecified atom stereocenters. The highest BCUT2D eigenvalue weighted by molar-refractivity contribution is 5.90. The van der Waals surface area contributed by atoms with Gasteiger partial charge in [0.2, 0.25) is 5.91 Å². The van der Waals surface area contributed by atoms with Gasteiger partial charge in [-0.15, -0.1) is 0 Å². The van der Waals surface area contributed by atoms with Crippen molar-refractivity contribution in [3.8, 4) is 11.5 Å². The highest BCUT2D eigenvalue weighted by Crippen LogP contribution is 2.22. The largest absolute Gasteiger partial charge is 0.457 e. The van der Waals surface area contributed by atoms with Crippen molar-refractivity contribution in [1.29, 1.82) is 0 Å². The van der Waals surface area contributed by atoms with Gasteiger partial charge in [0.05, 0.1) is 0 Å². The number of aryl methyl sites for hydroxylation is 1. The number of ether oxygens (including phenoxy) is 1. The molecule has 0 radical (unpaired) electrons. The molecule has 0 aliphatic heterocycles. The number of carbonyl (C=O) groups excluding carboxylic acids is 1. The fourth-order valence-electron chi connectivity index (χ4n) is 1.57. The molecule has 0 atom stereocenters. The van der Waals surface area contributed by atoms with E-state index < -0.39 is 5.91 Å². The first-order valence-electron chi connectivity index (χ1n) is 5.95. The first kappa shape index (κ1) is 12.9. The number of nitrogens with two attached hydrogens (primary N) is 1. The maximum atomic E-state index is 10.6. The SMILES string of the molecule is Cc1ccc(Oc2ccc(/C=C\C(N)=O)cc2)cc1. The van der Waals surface area contributed by atoms with Gasteiger partial charge in [-0.05, 0) is 42.8 Å². The van der Waals surface area contributed by atoms with Crippen LogP contribution in [0.25, 0.3) is 6.08 Å². The number of carbonyl (C=O) groups is 1. The highest BCUT2D eigenvalue weighted by atomic mass is 16.5. The van der Waals surface area contributed by atoms with Crippen LogP contribution in [0.4, 0.5) is 0 Å². The molecule has 0 fully saturated rings. The zero-order valence-corrected chi connectivity index (χ0v) is 10.7. The van der Waals surface area contributed by atoms with Gasteiger partial charge in [0.25, 0.3) is 0 Å². The fourth-order valence-corrected chi connectivity index (χ4v) is 1.57. The molecule has 0 aliphatic rings. The number of hydrogen-bond acceptors (Lipinski definition) is 2. The molecule has 1 amide bonds. The van der Waals surface area contributed by atoms with Crippen molar-refractivity contribution in [1.82, 2.24) is 0 Å². The Kier molecular flexibility index (Phi) is 3.98. The molecule has 0 aromatic heterocycles. The average Bonchev–Trinajstić information content (AvgIpc) is 2.40. The topological polar surface area (TPSA) is 52.3 Å². The van der Waals surface area contributed by atoms with E-state index in [0.29, 0.717) is 0 Å². The molecule has 3 nitrogen and oxygen atoms in total. The number of hydrogen-bond donors (Lipinski definition) is 1. The van der Waals surface area contributed by atoms with E-state index in [1.807, 2.05) is 55.5 Å². The van der Waals surface area contributed by atoms with Crippen LogP contribution in [0, 0.1) is 6.92 Å². The minimum absolute atomic E-state index is 0.458. The second-order valence-electron chi connectivity index (χ2n) is 4.22. The van der Waals surface area contributed by atoms with Gasteiger partial charge < -0.3 is 10.5 Å². The molecule has 2 aromatic rings. The van der Waals surface area contributed by atoms with Crippen molar-refractivity contribution in [3.63, 3.8) is 0 Å². The quantitative estimate of drug-likeness (QED) is 0.850. The highest BCUT2D eigenvalue weighted by Gasteiger charge is 1.97. The van der Waals surface area contributed by atoms with Gasteiger partial charge in [0.15, 0.2) is 0 Å². The van der Waals surface area contributed by atoms with Crippen LogP contribution in [0.5, 0.6) is 11.5 Å². The minimum atomic E-state index is -0.458. The standard InChI is InChI=1S/C16H15NO2/c1-12-2-7-14(8-3-12)19-15-9-4-13(5-10-15)6-11-16(17)18/h2-11H,1H3,(H2,17,18)/b11-6-. The molecule has 0 spiro atoms. The predicted octanol–water partition coefficient (Wildman–Crippen LogP) is 3.29. The summed E-state index contributed by atoms with van der Waals surface area (Å²) >= 11 is 0. The molecule has 0 heterocycles. The predicted molar refractivity (Wildman–Crippen MR) is 75.9 cm³/mol. The molecule has 19 heavy (non-hydrogen) atoms. The summed E-state index contributed by atoms with van der Waals surface area (Å²) in [5.41, 5.74) is 7.13. The van der Waals surface area contributed by atoms with Crippen molar-refractivity contribution < 1.29 is 9.53 Å². The summed E-state index contributed by atoms with van der Waals surface area (Å²) in [7, 11) is 0. The van der Waals surface area contributed by atoms with Crippen LogP contribution in [0.3, 0.4) is 0 Å². The third kappa shape index (κ3) is 4.00. The molecular formula is C16H15NO2. The molecular weight excluding hydrogens is 238 g/mol. The molecule has 0 aliphatic carbocycles. The summed E-state index contributed by atoms with van der Waals surface area (Å²) < 4.78 is 5.70. The summed E-state index contributed by atoms with van der Waals surface area (Å²) in [5, 5.41) is 0. The normalized spacial score (nSPS) is 10.6. The lowest BCUT2D eigenvalue weighted by Crippen LogP contribution is -2.04. The average molecular weight is 253 g/mol. The summed E-state index contributed by atoms with van der Waals surface area (Å²) in [6.07, 6.45) is 2.99. The van der Waals surface area contributed by atoms with Gasteiger partial charge in [-0.3, -0.25) is 4.79 Å². The van der Waals surface area contributed by atoms with Gasteiger partial charge in [-0.25, -0.2) is 0 Å². The molecule has 0 saturated heterocycles. The van der Waals surface area contributed by atoms with E-state index in [2.05, 4.69) is 0 Å².